The molecule has 0 saturated carbocycles. The van der Waals surface area contributed by atoms with Crippen molar-refractivity contribution in [1.82, 2.24) is 4.90 Å². The van der Waals surface area contributed by atoms with Gasteiger partial charge in [-0.1, -0.05) is 29.3 Å². The Morgan fingerprint density at radius 2 is 2.05 bits per heavy atom. The Kier molecular flexibility index (Phi) is 4.79. The Bertz CT molecular complexity index is 576. The lowest BCUT2D eigenvalue weighted by molar-refractivity contribution is -0.160. The number of halogens is 2. The predicted molar refractivity (Wildman–Crippen MR) is 81.8 cm³/mol. The summed E-state index contributed by atoms with van der Waals surface area (Å²) < 4.78 is 0. The summed E-state index contributed by atoms with van der Waals surface area (Å²) >= 11 is 11.9. The Morgan fingerprint density at radius 3 is 2.67 bits per heavy atom. The lowest BCUT2D eigenvalue weighted by atomic mass is 9.88. The first-order valence-corrected chi connectivity index (χ1v) is 7.58. The van der Waals surface area contributed by atoms with E-state index >= 15 is 0 Å². The molecule has 1 aliphatic rings. The number of carbonyl (C=O) groups is 2. The van der Waals surface area contributed by atoms with Crippen molar-refractivity contribution in [2.45, 2.75) is 38.1 Å². The van der Waals surface area contributed by atoms with Crippen LogP contribution in [0.1, 0.15) is 31.7 Å². The smallest absolute Gasteiger partial charge is 0.329 e. The van der Waals surface area contributed by atoms with E-state index in [0.717, 1.165) is 12.8 Å². The van der Waals surface area contributed by atoms with Gasteiger partial charge in [-0.3, -0.25) is 4.79 Å². The summed E-state index contributed by atoms with van der Waals surface area (Å²) in [7, 11) is 0. The molecule has 1 amide bonds. The van der Waals surface area contributed by atoms with Crippen LogP contribution in [0.25, 0.3) is 0 Å². The second kappa shape index (κ2) is 6.24. The summed E-state index contributed by atoms with van der Waals surface area (Å²) in [5.41, 5.74) is -0.474. The SMILES string of the molecule is CC1(C(=O)O)CCCCN1C(=O)Cc1ccc(Cl)cc1Cl. The van der Waals surface area contributed by atoms with Gasteiger partial charge in [0.15, 0.2) is 0 Å². The number of aliphatic carboxylic acids is 1. The number of carboxylic acid groups (broad SMARTS) is 1. The zero-order valence-corrected chi connectivity index (χ0v) is 13.2. The molecule has 1 aliphatic heterocycles. The molecule has 114 valence electrons. The van der Waals surface area contributed by atoms with E-state index in [1.54, 1.807) is 25.1 Å². The van der Waals surface area contributed by atoms with Gasteiger partial charge >= 0.3 is 5.97 Å². The maximum Gasteiger partial charge on any atom is 0.329 e. The standard InChI is InChI=1S/C15H17Cl2NO3/c1-15(14(20)21)6-2-3-7-18(15)13(19)8-10-4-5-11(16)9-12(10)17/h4-5,9H,2-3,6-8H2,1H3,(H,20,21). The summed E-state index contributed by atoms with van der Waals surface area (Å²) in [4.78, 5) is 25.5. The molecule has 1 unspecified atom stereocenters. The van der Waals surface area contributed by atoms with E-state index in [4.69, 9.17) is 23.2 Å². The highest BCUT2D eigenvalue weighted by atomic mass is 35.5. The molecule has 2 rings (SSSR count). The number of benzene rings is 1. The van der Waals surface area contributed by atoms with Crippen LogP contribution < -0.4 is 0 Å². The fourth-order valence-corrected chi connectivity index (χ4v) is 3.14. The van der Waals surface area contributed by atoms with Gasteiger partial charge < -0.3 is 10.0 Å². The van der Waals surface area contributed by atoms with Crippen molar-refractivity contribution in [3.63, 3.8) is 0 Å². The number of carbonyl (C=O) groups excluding carboxylic acids is 1. The number of hydrogen-bond acceptors (Lipinski definition) is 2. The van der Waals surface area contributed by atoms with E-state index in [9.17, 15) is 14.7 Å². The zero-order chi connectivity index (χ0) is 15.6. The molecule has 1 atom stereocenters. The van der Waals surface area contributed by atoms with Gasteiger partial charge in [-0.2, -0.15) is 0 Å². The van der Waals surface area contributed by atoms with E-state index in [-0.39, 0.29) is 12.3 Å². The molecular weight excluding hydrogens is 313 g/mol. The average Bonchev–Trinajstić information content (AvgIpc) is 2.42. The number of rotatable bonds is 3. The first-order chi connectivity index (χ1) is 9.84. The summed E-state index contributed by atoms with van der Waals surface area (Å²) in [5.74, 6) is -1.18. The minimum Gasteiger partial charge on any atom is -0.480 e. The quantitative estimate of drug-likeness (QED) is 0.924. The van der Waals surface area contributed by atoms with Gasteiger partial charge in [0, 0.05) is 16.6 Å². The zero-order valence-electron chi connectivity index (χ0n) is 11.7. The van der Waals surface area contributed by atoms with Crippen molar-refractivity contribution in [2.24, 2.45) is 0 Å². The monoisotopic (exact) mass is 329 g/mol. The number of piperidine rings is 1. The summed E-state index contributed by atoms with van der Waals surface area (Å²) in [6, 6.07) is 4.95. The highest BCUT2D eigenvalue weighted by molar-refractivity contribution is 6.35. The average molecular weight is 330 g/mol. The van der Waals surface area contributed by atoms with Crippen LogP contribution in [0.4, 0.5) is 0 Å². The van der Waals surface area contributed by atoms with E-state index in [0.29, 0.717) is 28.6 Å². The molecule has 1 fully saturated rings. The highest BCUT2D eigenvalue weighted by Gasteiger charge is 2.43. The first-order valence-electron chi connectivity index (χ1n) is 6.82. The molecule has 0 aromatic heterocycles. The largest absolute Gasteiger partial charge is 0.480 e. The molecule has 1 N–H and O–H groups in total. The molecule has 4 nitrogen and oxygen atoms in total. The Morgan fingerprint density at radius 1 is 1.33 bits per heavy atom. The maximum atomic E-state index is 12.5. The molecule has 0 radical (unpaired) electrons. The number of carboxylic acids is 1. The van der Waals surface area contributed by atoms with Gasteiger partial charge in [-0.25, -0.2) is 4.79 Å². The van der Waals surface area contributed by atoms with Crippen LogP contribution in [-0.2, 0) is 16.0 Å². The molecule has 1 aromatic rings. The second-order valence-electron chi connectivity index (χ2n) is 5.49. The Balaban J connectivity index is 2.20. The summed E-state index contributed by atoms with van der Waals surface area (Å²) in [6.45, 7) is 2.07. The lowest BCUT2D eigenvalue weighted by Crippen LogP contribution is -2.57. The van der Waals surface area contributed by atoms with Gasteiger partial charge in [-0.05, 0) is 43.9 Å². The van der Waals surface area contributed by atoms with Gasteiger partial charge in [-0.15, -0.1) is 0 Å². The molecule has 21 heavy (non-hydrogen) atoms. The van der Waals surface area contributed by atoms with Crippen molar-refractivity contribution in [3.05, 3.63) is 33.8 Å². The van der Waals surface area contributed by atoms with Crippen LogP contribution in [0.5, 0.6) is 0 Å². The van der Waals surface area contributed by atoms with E-state index in [1.807, 2.05) is 0 Å². The number of hydrogen-bond donors (Lipinski definition) is 1. The topological polar surface area (TPSA) is 57.6 Å². The van der Waals surface area contributed by atoms with Crippen molar-refractivity contribution in [3.8, 4) is 0 Å². The molecule has 1 saturated heterocycles. The normalized spacial score (nSPS) is 22.1. The molecule has 0 aliphatic carbocycles. The minimum absolute atomic E-state index is 0.0822. The maximum absolute atomic E-state index is 12.5. The van der Waals surface area contributed by atoms with Crippen LogP contribution in [-0.4, -0.2) is 34.0 Å². The predicted octanol–water partition coefficient (Wildman–Crippen LogP) is 3.39. The molecular formula is C15H17Cl2NO3. The van der Waals surface area contributed by atoms with Crippen LogP contribution in [0, 0.1) is 0 Å². The molecule has 0 spiro atoms. The van der Waals surface area contributed by atoms with Crippen LogP contribution >= 0.6 is 23.2 Å². The third kappa shape index (κ3) is 3.33. The fourth-order valence-electron chi connectivity index (χ4n) is 2.67. The van der Waals surface area contributed by atoms with Gasteiger partial charge in [0.05, 0.1) is 6.42 Å². The van der Waals surface area contributed by atoms with E-state index < -0.39 is 11.5 Å². The number of nitrogens with zero attached hydrogens (tertiary/aromatic N) is 1. The van der Waals surface area contributed by atoms with Crippen LogP contribution in [0.3, 0.4) is 0 Å². The third-order valence-electron chi connectivity index (χ3n) is 4.01. The summed E-state index contributed by atoms with van der Waals surface area (Å²) in [5, 5.41) is 10.4. The van der Waals surface area contributed by atoms with Crippen LogP contribution in [0.15, 0.2) is 18.2 Å². The van der Waals surface area contributed by atoms with Crippen molar-refractivity contribution < 1.29 is 14.7 Å². The lowest BCUT2D eigenvalue weighted by Gasteiger charge is -2.41. The Labute approximate surface area is 133 Å². The van der Waals surface area contributed by atoms with Crippen molar-refractivity contribution in [2.75, 3.05) is 6.54 Å². The number of likely N-dealkylation sites (tertiary alicyclic amines) is 1. The van der Waals surface area contributed by atoms with E-state index in [1.165, 1.54) is 4.90 Å². The molecule has 6 heteroatoms. The third-order valence-corrected chi connectivity index (χ3v) is 4.60. The van der Waals surface area contributed by atoms with Gasteiger partial charge in [0.25, 0.3) is 0 Å². The second-order valence-corrected chi connectivity index (χ2v) is 6.34. The molecule has 1 aromatic carbocycles. The van der Waals surface area contributed by atoms with E-state index in [2.05, 4.69) is 0 Å². The van der Waals surface area contributed by atoms with Crippen molar-refractivity contribution >= 4 is 35.1 Å². The van der Waals surface area contributed by atoms with Gasteiger partial charge in [0.2, 0.25) is 5.91 Å². The van der Waals surface area contributed by atoms with Crippen molar-refractivity contribution in [1.29, 1.82) is 0 Å². The Hall–Kier alpha value is -1.26. The first kappa shape index (κ1) is 16.1. The minimum atomic E-state index is -1.13. The molecule has 0 bridgehead atoms. The number of amides is 1. The van der Waals surface area contributed by atoms with Gasteiger partial charge in [0.1, 0.15) is 5.54 Å². The molecule has 1 heterocycles. The summed E-state index contributed by atoms with van der Waals surface area (Å²) in [6.07, 6.45) is 2.19. The highest BCUT2D eigenvalue weighted by Crippen LogP contribution is 2.30. The van der Waals surface area contributed by atoms with Crippen LogP contribution in [0.2, 0.25) is 10.0 Å². The fraction of sp³-hybridized carbons (Fsp3) is 0.467.